The standard InChI is InChI=1S/C14H19NO3/c1-13(2)6-4-11(16)14(8-15)10(12(13)14)5-7-18-9-17-3/h5,12H,4,6-7,9H2,1-3H3/b10-5+/t12-,14+/m1/s1. The number of allylic oxidation sites excluding steroid dienone is 1. The molecule has 0 spiro atoms. The molecule has 0 aliphatic heterocycles. The van der Waals surface area contributed by atoms with Crippen molar-refractivity contribution in [2.45, 2.75) is 26.7 Å². The maximum absolute atomic E-state index is 12.0. The van der Waals surface area contributed by atoms with Gasteiger partial charge < -0.3 is 9.47 Å². The number of ketones is 1. The number of fused-ring (bicyclic) bond motifs is 1. The maximum Gasteiger partial charge on any atom is 0.157 e. The molecule has 0 aromatic heterocycles. The van der Waals surface area contributed by atoms with Gasteiger partial charge in [-0.15, -0.1) is 0 Å². The van der Waals surface area contributed by atoms with E-state index in [0.717, 1.165) is 12.0 Å². The second-order valence-electron chi connectivity index (χ2n) is 5.70. The molecule has 98 valence electrons. The third-order valence-electron chi connectivity index (χ3n) is 4.13. The van der Waals surface area contributed by atoms with Gasteiger partial charge in [0.1, 0.15) is 12.2 Å². The fourth-order valence-corrected chi connectivity index (χ4v) is 3.21. The van der Waals surface area contributed by atoms with Crippen LogP contribution in [-0.4, -0.2) is 26.3 Å². The quantitative estimate of drug-likeness (QED) is 0.435. The molecule has 0 saturated heterocycles. The summed E-state index contributed by atoms with van der Waals surface area (Å²) in [5, 5.41) is 9.39. The first-order valence-electron chi connectivity index (χ1n) is 6.22. The molecule has 0 radical (unpaired) electrons. The van der Waals surface area contributed by atoms with E-state index in [1.54, 1.807) is 7.11 Å². The number of carbonyl (C=O) groups excluding carboxylic acids is 1. The highest BCUT2D eigenvalue weighted by molar-refractivity contribution is 5.98. The van der Waals surface area contributed by atoms with E-state index >= 15 is 0 Å². The predicted molar refractivity (Wildman–Crippen MR) is 65.5 cm³/mol. The van der Waals surface area contributed by atoms with Crippen LogP contribution in [0.3, 0.4) is 0 Å². The zero-order valence-electron chi connectivity index (χ0n) is 11.2. The van der Waals surface area contributed by atoms with E-state index in [-0.39, 0.29) is 23.9 Å². The van der Waals surface area contributed by atoms with Crippen LogP contribution >= 0.6 is 0 Å². The van der Waals surface area contributed by atoms with Crippen LogP contribution in [0.2, 0.25) is 0 Å². The van der Waals surface area contributed by atoms with Gasteiger partial charge >= 0.3 is 0 Å². The summed E-state index contributed by atoms with van der Waals surface area (Å²) in [4.78, 5) is 12.0. The van der Waals surface area contributed by atoms with Crippen molar-refractivity contribution in [1.29, 1.82) is 5.26 Å². The van der Waals surface area contributed by atoms with Crippen molar-refractivity contribution in [3.8, 4) is 6.07 Å². The van der Waals surface area contributed by atoms with Gasteiger partial charge in [-0.1, -0.05) is 19.9 Å². The van der Waals surface area contributed by atoms with Crippen molar-refractivity contribution in [2.24, 2.45) is 16.7 Å². The summed E-state index contributed by atoms with van der Waals surface area (Å²) >= 11 is 0. The molecule has 2 saturated carbocycles. The average Bonchev–Trinajstić information content (AvgIpc) is 3.02. The van der Waals surface area contributed by atoms with Crippen LogP contribution in [0, 0.1) is 28.1 Å². The van der Waals surface area contributed by atoms with E-state index in [4.69, 9.17) is 9.47 Å². The van der Waals surface area contributed by atoms with Crippen LogP contribution in [0.1, 0.15) is 26.7 Å². The average molecular weight is 249 g/mol. The highest BCUT2D eigenvalue weighted by atomic mass is 16.7. The van der Waals surface area contributed by atoms with Crippen molar-refractivity contribution in [2.75, 3.05) is 20.5 Å². The summed E-state index contributed by atoms with van der Waals surface area (Å²) in [5.41, 5.74) is 0.128. The van der Waals surface area contributed by atoms with Gasteiger partial charge in [0, 0.05) is 19.4 Å². The molecule has 2 aliphatic carbocycles. The van der Waals surface area contributed by atoms with E-state index in [9.17, 15) is 10.1 Å². The Morgan fingerprint density at radius 1 is 1.56 bits per heavy atom. The first-order valence-corrected chi connectivity index (χ1v) is 6.22. The Hall–Kier alpha value is -1.18. The van der Waals surface area contributed by atoms with E-state index < -0.39 is 5.41 Å². The molecule has 4 nitrogen and oxygen atoms in total. The fourth-order valence-electron chi connectivity index (χ4n) is 3.21. The Bertz CT molecular complexity index is 433. The first-order chi connectivity index (χ1) is 8.50. The molecule has 0 aromatic rings. The molecule has 0 amide bonds. The number of nitrogens with zero attached hydrogens (tertiary/aromatic N) is 1. The number of Topliss-reactive ketones (excluding diaryl/α,β-unsaturated/α-hetero) is 1. The van der Waals surface area contributed by atoms with E-state index in [2.05, 4.69) is 19.9 Å². The second kappa shape index (κ2) is 4.49. The molecule has 0 heterocycles. The van der Waals surface area contributed by atoms with Crippen molar-refractivity contribution >= 4 is 5.78 Å². The molecule has 4 heteroatoms. The number of methoxy groups -OCH3 is 1. The van der Waals surface area contributed by atoms with Crippen LogP contribution in [-0.2, 0) is 14.3 Å². The molecule has 0 bridgehead atoms. The zero-order chi connectivity index (χ0) is 13.4. The van der Waals surface area contributed by atoms with Gasteiger partial charge in [-0.3, -0.25) is 4.79 Å². The Morgan fingerprint density at radius 3 is 2.83 bits per heavy atom. The highest BCUT2D eigenvalue weighted by Crippen LogP contribution is 2.70. The number of hydrogen-bond acceptors (Lipinski definition) is 4. The minimum Gasteiger partial charge on any atom is -0.359 e. The minimum absolute atomic E-state index is 0.0245. The lowest BCUT2D eigenvalue weighted by Gasteiger charge is -2.29. The summed E-state index contributed by atoms with van der Waals surface area (Å²) < 4.78 is 10.0. The van der Waals surface area contributed by atoms with Crippen LogP contribution in [0.4, 0.5) is 0 Å². The van der Waals surface area contributed by atoms with E-state index in [1.807, 2.05) is 6.08 Å². The molecular weight excluding hydrogens is 230 g/mol. The normalized spacial score (nSPS) is 35.1. The Labute approximate surface area is 108 Å². The van der Waals surface area contributed by atoms with Crippen molar-refractivity contribution in [1.82, 2.24) is 0 Å². The fraction of sp³-hybridized carbons (Fsp3) is 0.714. The lowest BCUT2D eigenvalue weighted by molar-refractivity contribution is -0.125. The molecule has 2 fully saturated rings. The van der Waals surface area contributed by atoms with Gasteiger partial charge in [-0.05, 0) is 17.4 Å². The number of ether oxygens (including phenoxy) is 2. The van der Waals surface area contributed by atoms with Gasteiger partial charge in [0.25, 0.3) is 0 Å². The molecule has 18 heavy (non-hydrogen) atoms. The van der Waals surface area contributed by atoms with Crippen molar-refractivity contribution in [3.63, 3.8) is 0 Å². The molecule has 0 N–H and O–H groups in total. The number of hydrogen-bond donors (Lipinski definition) is 0. The Kier molecular flexibility index (Phi) is 3.31. The van der Waals surface area contributed by atoms with Gasteiger partial charge in [-0.25, -0.2) is 0 Å². The molecule has 0 unspecified atom stereocenters. The first kappa shape index (κ1) is 13.3. The summed E-state index contributed by atoms with van der Waals surface area (Å²) in [6.45, 7) is 4.89. The van der Waals surface area contributed by atoms with Crippen LogP contribution < -0.4 is 0 Å². The van der Waals surface area contributed by atoms with Gasteiger partial charge in [0.05, 0.1) is 12.7 Å². The predicted octanol–water partition coefficient (Wildman–Crippen LogP) is 2.06. The van der Waals surface area contributed by atoms with E-state index in [0.29, 0.717) is 13.0 Å². The lowest BCUT2D eigenvalue weighted by atomic mass is 9.72. The van der Waals surface area contributed by atoms with Crippen LogP contribution in [0.5, 0.6) is 0 Å². The zero-order valence-corrected chi connectivity index (χ0v) is 11.2. The Morgan fingerprint density at radius 2 is 2.28 bits per heavy atom. The minimum atomic E-state index is -0.849. The summed E-state index contributed by atoms with van der Waals surface area (Å²) in [7, 11) is 1.56. The summed E-state index contributed by atoms with van der Waals surface area (Å²) in [6, 6.07) is 2.25. The van der Waals surface area contributed by atoms with Gasteiger partial charge in [0.2, 0.25) is 0 Å². The topological polar surface area (TPSA) is 59.3 Å². The maximum atomic E-state index is 12.0. The van der Waals surface area contributed by atoms with Crippen LogP contribution in [0.25, 0.3) is 0 Å². The Balaban J connectivity index is 2.18. The number of nitriles is 1. The number of carbonyl (C=O) groups is 1. The smallest absolute Gasteiger partial charge is 0.157 e. The highest BCUT2D eigenvalue weighted by Gasteiger charge is 2.71. The largest absolute Gasteiger partial charge is 0.359 e. The van der Waals surface area contributed by atoms with Crippen molar-refractivity contribution < 1.29 is 14.3 Å². The molecule has 0 aromatic carbocycles. The van der Waals surface area contributed by atoms with E-state index in [1.165, 1.54) is 0 Å². The monoisotopic (exact) mass is 249 g/mol. The number of rotatable bonds is 4. The van der Waals surface area contributed by atoms with Crippen molar-refractivity contribution in [3.05, 3.63) is 11.6 Å². The van der Waals surface area contributed by atoms with Crippen LogP contribution in [0.15, 0.2) is 11.6 Å². The SMILES string of the molecule is COCOC/C=C1\[C@@H]2C(C)(C)CCC(=O)[C@]12C#N. The summed E-state index contributed by atoms with van der Waals surface area (Å²) in [5.74, 6) is 0.148. The van der Waals surface area contributed by atoms with Gasteiger partial charge in [-0.2, -0.15) is 5.26 Å². The molecule has 2 atom stereocenters. The second-order valence-corrected chi connectivity index (χ2v) is 5.70. The molecule has 2 rings (SSSR count). The molecule has 2 aliphatic rings. The third-order valence-corrected chi connectivity index (χ3v) is 4.13. The van der Waals surface area contributed by atoms with Gasteiger partial charge in [0.15, 0.2) is 5.78 Å². The molecular formula is C14H19NO3. The third kappa shape index (κ3) is 1.79. The summed E-state index contributed by atoms with van der Waals surface area (Å²) in [6.07, 6.45) is 3.25. The lowest BCUT2D eigenvalue weighted by Crippen LogP contribution is -2.31.